The summed E-state index contributed by atoms with van der Waals surface area (Å²) < 4.78 is 0. The van der Waals surface area contributed by atoms with E-state index in [9.17, 15) is 9.59 Å². The van der Waals surface area contributed by atoms with Crippen molar-refractivity contribution in [3.8, 4) is 11.3 Å². The van der Waals surface area contributed by atoms with E-state index in [1.54, 1.807) is 12.1 Å². The second-order valence-electron chi connectivity index (χ2n) is 5.43. The molecule has 4 heteroatoms. The van der Waals surface area contributed by atoms with Gasteiger partial charge in [-0.2, -0.15) is 0 Å². The van der Waals surface area contributed by atoms with E-state index in [0.717, 1.165) is 22.8 Å². The van der Waals surface area contributed by atoms with E-state index in [2.05, 4.69) is 10.3 Å². The molecule has 0 saturated carbocycles. The van der Waals surface area contributed by atoms with Crippen molar-refractivity contribution in [3.05, 3.63) is 70.5 Å². The van der Waals surface area contributed by atoms with Crippen LogP contribution in [0.25, 0.3) is 22.0 Å². The van der Waals surface area contributed by atoms with Gasteiger partial charge in [-0.3, -0.25) is 9.59 Å². The van der Waals surface area contributed by atoms with Gasteiger partial charge >= 0.3 is 0 Å². The zero-order valence-corrected chi connectivity index (χ0v) is 12.9. The van der Waals surface area contributed by atoms with E-state index in [-0.39, 0.29) is 17.0 Å². The predicted octanol–water partition coefficient (Wildman–Crippen LogP) is 3.33. The molecular weight excluding hydrogens is 288 g/mol. The molecule has 2 aromatic carbocycles. The number of aromatic amines is 1. The van der Waals surface area contributed by atoms with Crippen molar-refractivity contribution >= 4 is 16.7 Å². The number of hydrogen-bond acceptors (Lipinski definition) is 2. The van der Waals surface area contributed by atoms with Crippen LogP contribution >= 0.6 is 0 Å². The number of rotatable bonds is 4. The average molecular weight is 306 g/mol. The Kier molecular flexibility index (Phi) is 4.24. The van der Waals surface area contributed by atoms with Gasteiger partial charge in [0, 0.05) is 12.2 Å². The molecule has 0 radical (unpaired) electrons. The number of amides is 1. The number of aromatic nitrogens is 1. The molecule has 0 bridgehead atoms. The van der Waals surface area contributed by atoms with Crippen molar-refractivity contribution in [3.63, 3.8) is 0 Å². The third kappa shape index (κ3) is 3.16. The Morgan fingerprint density at radius 2 is 1.83 bits per heavy atom. The highest BCUT2D eigenvalue weighted by atomic mass is 16.2. The van der Waals surface area contributed by atoms with Crippen LogP contribution in [-0.2, 0) is 0 Å². The van der Waals surface area contributed by atoms with Crippen molar-refractivity contribution in [2.75, 3.05) is 6.54 Å². The summed E-state index contributed by atoms with van der Waals surface area (Å²) in [4.78, 5) is 26.9. The molecular formula is C19H18N2O2. The van der Waals surface area contributed by atoms with Gasteiger partial charge in [0.1, 0.15) is 5.56 Å². The first-order chi connectivity index (χ1) is 11.2. The number of hydrogen-bond donors (Lipinski definition) is 2. The Balaban J connectivity index is 1.95. The van der Waals surface area contributed by atoms with Crippen molar-refractivity contribution in [2.24, 2.45) is 0 Å². The second-order valence-corrected chi connectivity index (χ2v) is 5.43. The fourth-order valence-electron chi connectivity index (χ4n) is 2.51. The molecule has 116 valence electrons. The molecule has 23 heavy (non-hydrogen) atoms. The number of carbonyl (C=O) groups excluding carboxylic acids is 1. The van der Waals surface area contributed by atoms with Gasteiger partial charge in [-0.05, 0) is 41.0 Å². The first-order valence-corrected chi connectivity index (χ1v) is 7.69. The number of carbonyl (C=O) groups is 1. The lowest BCUT2D eigenvalue weighted by Crippen LogP contribution is -2.30. The first-order valence-electron chi connectivity index (χ1n) is 7.69. The van der Waals surface area contributed by atoms with E-state index < -0.39 is 0 Å². The van der Waals surface area contributed by atoms with Crippen LogP contribution in [0.2, 0.25) is 0 Å². The van der Waals surface area contributed by atoms with Gasteiger partial charge in [0.05, 0.1) is 0 Å². The van der Waals surface area contributed by atoms with Gasteiger partial charge in [-0.15, -0.1) is 0 Å². The zero-order valence-electron chi connectivity index (χ0n) is 12.9. The maximum Gasteiger partial charge on any atom is 0.261 e. The van der Waals surface area contributed by atoms with Gasteiger partial charge in [-0.1, -0.05) is 43.3 Å². The van der Waals surface area contributed by atoms with Crippen LogP contribution in [0.1, 0.15) is 23.7 Å². The lowest BCUT2D eigenvalue weighted by molar-refractivity contribution is 0.0952. The van der Waals surface area contributed by atoms with Crippen LogP contribution in [0.4, 0.5) is 0 Å². The van der Waals surface area contributed by atoms with Crippen molar-refractivity contribution in [1.29, 1.82) is 0 Å². The molecule has 0 saturated heterocycles. The summed E-state index contributed by atoms with van der Waals surface area (Å²) in [6, 6.07) is 17.4. The van der Waals surface area contributed by atoms with Crippen molar-refractivity contribution < 1.29 is 4.79 Å². The molecule has 1 heterocycles. The Bertz CT molecular complexity index is 912. The van der Waals surface area contributed by atoms with Crippen LogP contribution in [0.3, 0.4) is 0 Å². The summed E-state index contributed by atoms with van der Waals surface area (Å²) in [7, 11) is 0. The van der Waals surface area contributed by atoms with Crippen molar-refractivity contribution in [2.45, 2.75) is 13.3 Å². The van der Waals surface area contributed by atoms with E-state index >= 15 is 0 Å². The van der Waals surface area contributed by atoms with Crippen LogP contribution < -0.4 is 10.9 Å². The molecule has 0 aliphatic heterocycles. The molecule has 0 unspecified atom stereocenters. The van der Waals surface area contributed by atoms with Crippen LogP contribution in [-0.4, -0.2) is 17.4 Å². The standard InChI is InChI=1S/C19H18N2O2/c1-2-11-20-18(22)16-9-10-17(21-19(16)23)15-8-7-13-5-3-4-6-14(13)12-15/h3-10,12H,2,11H2,1H3,(H,20,22)(H,21,23). The second kappa shape index (κ2) is 6.48. The van der Waals surface area contributed by atoms with E-state index in [1.807, 2.05) is 49.4 Å². The topological polar surface area (TPSA) is 62.0 Å². The van der Waals surface area contributed by atoms with Crippen LogP contribution in [0, 0.1) is 0 Å². The summed E-state index contributed by atoms with van der Waals surface area (Å²) in [5.41, 5.74) is 1.39. The number of nitrogens with one attached hydrogen (secondary N) is 2. The highest BCUT2D eigenvalue weighted by molar-refractivity contribution is 5.94. The molecule has 0 aliphatic carbocycles. The molecule has 3 aromatic rings. The predicted molar refractivity (Wildman–Crippen MR) is 92.6 cm³/mol. The summed E-state index contributed by atoms with van der Waals surface area (Å²) >= 11 is 0. The summed E-state index contributed by atoms with van der Waals surface area (Å²) in [6.45, 7) is 2.53. The van der Waals surface area contributed by atoms with E-state index in [1.165, 1.54) is 0 Å². The fourth-order valence-corrected chi connectivity index (χ4v) is 2.51. The van der Waals surface area contributed by atoms with Gasteiger partial charge < -0.3 is 10.3 Å². The van der Waals surface area contributed by atoms with E-state index in [4.69, 9.17) is 0 Å². The molecule has 1 amide bonds. The lowest BCUT2D eigenvalue weighted by Gasteiger charge is -2.06. The maximum atomic E-state index is 12.2. The third-order valence-electron chi connectivity index (χ3n) is 3.75. The Morgan fingerprint density at radius 3 is 2.57 bits per heavy atom. The number of H-pyrrole nitrogens is 1. The summed E-state index contributed by atoms with van der Waals surface area (Å²) in [5, 5.41) is 4.97. The smallest absolute Gasteiger partial charge is 0.261 e. The Hall–Kier alpha value is -2.88. The SMILES string of the molecule is CCCNC(=O)c1ccc(-c2ccc3ccccc3c2)[nH]c1=O. The fraction of sp³-hybridized carbons (Fsp3) is 0.158. The minimum atomic E-state index is -0.371. The highest BCUT2D eigenvalue weighted by Crippen LogP contribution is 2.22. The molecule has 0 atom stereocenters. The number of fused-ring (bicyclic) bond motifs is 1. The van der Waals surface area contributed by atoms with E-state index in [0.29, 0.717) is 12.2 Å². The lowest BCUT2D eigenvalue weighted by atomic mass is 10.0. The average Bonchev–Trinajstić information content (AvgIpc) is 2.59. The quantitative estimate of drug-likeness (QED) is 0.776. The third-order valence-corrected chi connectivity index (χ3v) is 3.75. The number of benzene rings is 2. The largest absolute Gasteiger partial charge is 0.352 e. The summed E-state index contributed by atoms with van der Waals surface area (Å²) in [6.07, 6.45) is 0.832. The Labute approximate surface area is 134 Å². The normalized spacial score (nSPS) is 10.7. The molecule has 0 spiro atoms. The van der Waals surface area contributed by atoms with Gasteiger partial charge in [0.15, 0.2) is 0 Å². The zero-order chi connectivity index (χ0) is 16.2. The first kappa shape index (κ1) is 15.0. The molecule has 3 rings (SSSR count). The minimum Gasteiger partial charge on any atom is -0.352 e. The molecule has 2 N–H and O–H groups in total. The molecule has 0 aliphatic rings. The monoisotopic (exact) mass is 306 g/mol. The van der Waals surface area contributed by atoms with Gasteiger partial charge in [0.2, 0.25) is 0 Å². The van der Waals surface area contributed by atoms with Crippen LogP contribution in [0.15, 0.2) is 59.4 Å². The molecule has 4 nitrogen and oxygen atoms in total. The van der Waals surface area contributed by atoms with Crippen molar-refractivity contribution in [1.82, 2.24) is 10.3 Å². The van der Waals surface area contributed by atoms with Crippen LogP contribution in [0.5, 0.6) is 0 Å². The molecule has 1 aromatic heterocycles. The number of pyridine rings is 1. The maximum absolute atomic E-state index is 12.2. The van der Waals surface area contributed by atoms with Gasteiger partial charge in [-0.25, -0.2) is 0 Å². The Morgan fingerprint density at radius 1 is 1.04 bits per heavy atom. The van der Waals surface area contributed by atoms with Gasteiger partial charge in [0.25, 0.3) is 11.5 Å². The molecule has 0 fully saturated rings. The minimum absolute atomic E-state index is 0.142. The highest BCUT2D eigenvalue weighted by Gasteiger charge is 2.10. The summed E-state index contributed by atoms with van der Waals surface area (Å²) in [5.74, 6) is -0.335.